The third-order valence-corrected chi connectivity index (χ3v) is 3.46. The molecule has 0 bridgehead atoms. The maximum Gasteiger partial charge on any atom is 0.333 e. The van der Waals surface area contributed by atoms with Gasteiger partial charge in [0.1, 0.15) is 19.2 Å². The highest BCUT2D eigenvalue weighted by Crippen LogP contribution is 2.13. The van der Waals surface area contributed by atoms with Crippen molar-refractivity contribution in [2.75, 3.05) is 19.7 Å². The third-order valence-electron chi connectivity index (χ3n) is 3.46. The number of hydrogen-bond donors (Lipinski definition) is 1. The molecule has 22 heavy (non-hydrogen) atoms. The number of ether oxygens (including phenoxy) is 1. The van der Waals surface area contributed by atoms with Gasteiger partial charge in [0.05, 0.1) is 0 Å². The molecule has 0 saturated heterocycles. The number of aldehydes is 2. The zero-order chi connectivity index (χ0) is 16.8. The van der Waals surface area contributed by atoms with Crippen LogP contribution in [0, 0.1) is 11.8 Å². The van der Waals surface area contributed by atoms with Crippen LogP contribution in [0.1, 0.15) is 46.0 Å². The Morgan fingerprint density at radius 2 is 1.82 bits per heavy atom. The van der Waals surface area contributed by atoms with E-state index in [1.54, 1.807) is 6.92 Å². The van der Waals surface area contributed by atoms with E-state index in [2.05, 4.69) is 11.9 Å². The van der Waals surface area contributed by atoms with Crippen molar-refractivity contribution in [2.45, 2.75) is 46.0 Å². The molecule has 2 unspecified atom stereocenters. The Hall–Kier alpha value is -1.49. The molecular formula is C17H29NO4. The summed E-state index contributed by atoms with van der Waals surface area (Å²) in [4.78, 5) is 32.6. The van der Waals surface area contributed by atoms with Gasteiger partial charge in [0.25, 0.3) is 0 Å². The predicted octanol–water partition coefficient (Wildman–Crippen LogP) is 2.30. The molecule has 0 radical (unpaired) electrons. The molecule has 0 aromatic heterocycles. The Bertz CT molecular complexity index is 355. The van der Waals surface area contributed by atoms with Gasteiger partial charge in [0.2, 0.25) is 0 Å². The maximum absolute atomic E-state index is 11.1. The summed E-state index contributed by atoms with van der Waals surface area (Å²) < 4.78 is 4.95. The SMILES string of the molecule is C=C(C)C(=O)OCCNCCC(C=O)CCCCC(C)C=O. The van der Waals surface area contributed by atoms with Crippen molar-refractivity contribution < 1.29 is 19.1 Å². The fraction of sp³-hybridized carbons (Fsp3) is 0.706. The lowest BCUT2D eigenvalue weighted by Gasteiger charge is -2.11. The van der Waals surface area contributed by atoms with E-state index in [0.29, 0.717) is 18.7 Å². The van der Waals surface area contributed by atoms with Crippen molar-refractivity contribution in [1.29, 1.82) is 0 Å². The molecule has 5 heteroatoms. The van der Waals surface area contributed by atoms with E-state index in [-0.39, 0.29) is 17.8 Å². The van der Waals surface area contributed by atoms with Crippen LogP contribution in [-0.4, -0.2) is 38.2 Å². The van der Waals surface area contributed by atoms with Crippen LogP contribution in [0.25, 0.3) is 0 Å². The molecule has 1 N–H and O–H groups in total. The average molecular weight is 311 g/mol. The molecule has 0 saturated carbocycles. The molecule has 0 fully saturated rings. The minimum atomic E-state index is -0.378. The molecule has 0 spiro atoms. The zero-order valence-corrected chi connectivity index (χ0v) is 13.8. The van der Waals surface area contributed by atoms with Crippen molar-refractivity contribution >= 4 is 18.5 Å². The van der Waals surface area contributed by atoms with Crippen LogP contribution in [0.15, 0.2) is 12.2 Å². The van der Waals surface area contributed by atoms with E-state index in [1.165, 1.54) is 0 Å². The van der Waals surface area contributed by atoms with E-state index in [4.69, 9.17) is 4.74 Å². The maximum atomic E-state index is 11.1. The highest BCUT2D eigenvalue weighted by atomic mass is 16.5. The van der Waals surface area contributed by atoms with Crippen LogP contribution in [0.3, 0.4) is 0 Å². The molecule has 0 rings (SSSR count). The smallest absolute Gasteiger partial charge is 0.333 e. The second-order valence-corrected chi connectivity index (χ2v) is 5.75. The fourth-order valence-electron chi connectivity index (χ4n) is 1.97. The number of carbonyl (C=O) groups is 3. The molecule has 0 aliphatic rings. The van der Waals surface area contributed by atoms with Gasteiger partial charge < -0.3 is 19.6 Å². The van der Waals surface area contributed by atoms with Crippen LogP contribution < -0.4 is 5.32 Å². The second kappa shape index (κ2) is 13.2. The lowest BCUT2D eigenvalue weighted by atomic mass is 9.97. The van der Waals surface area contributed by atoms with Gasteiger partial charge >= 0.3 is 5.97 Å². The van der Waals surface area contributed by atoms with Crippen LogP contribution in [0.5, 0.6) is 0 Å². The Kier molecular flexibility index (Phi) is 12.3. The van der Waals surface area contributed by atoms with Crippen LogP contribution >= 0.6 is 0 Å². The quantitative estimate of drug-likeness (QED) is 0.231. The number of esters is 1. The molecule has 0 aromatic carbocycles. The normalized spacial score (nSPS) is 13.2. The van der Waals surface area contributed by atoms with Gasteiger partial charge in [-0.1, -0.05) is 26.3 Å². The van der Waals surface area contributed by atoms with E-state index < -0.39 is 0 Å². The van der Waals surface area contributed by atoms with Crippen molar-refractivity contribution in [3.05, 3.63) is 12.2 Å². The lowest BCUT2D eigenvalue weighted by Crippen LogP contribution is -2.24. The highest BCUT2D eigenvalue weighted by Gasteiger charge is 2.08. The fourth-order valence-corrected chi connectivity index (χ4v) is 1.97. The molecular weight excluding hydrogens is 282 g/mol. The molecule has 0 aliphatic heterocycles. The molecule has 0 aliphatic carbocycles. The number of hydrogen-bond acceptors (Lipinski definition) is 5. The van der Waals surface area contributed by atoms with Gasteiger partial charge in [0.15, 0.2) is 0 Å². The first-order valence-electron chi connectivity index (χ1n) is 7.95. The summed E-state index contributed by atoms with van der Waals surface area (Å²) in [6.45, 7) is 8.62. The van der Waals surface area contributed by atoms with E-state index in [1.807, 2.05) is 6.92 Å². The molecule has 0 amide bonds. The van der Waals surface area contributed by atoms with Gasteiger partial charge in [-0.2, -0.15) is 0 Å². The van der Waals surface area contributed by atoms with Crippen molar-refractivity contribution in [2.24, 2.45) is 11.8 Å². The monoisotopic (exact) mass is 311 g/mol. The standard InChI is InChI=1S/C17H29NO4/c1-14(2)17(21)22-11-10-18-9-8-16(13-20)7-5-4-6-15(3)12-19/h12-13,15-16,18H,1,4-11H2,2-3H3. The Morgan fingerprint density at radius 3 is 2.41 bits per heavy atom. The van der Waals surface area contributed by atoms with Gasteiger partial charge in [-0.25, -0.2) is 4.79 Å². The molecule has 126 valence electrons. The highest BCUT2D eigenvalue weighted by molar-refractivity contribution is 5.86. The molecule has 0 aromatic rings. The third kappa shape index (κ3) is 11.2. The van der Waals surface area contributed by atoms with Crippen molar-refractivity contribution in [3.63, 3.8) is 0 Å². The van der Waals surface area contributed by atoms with Crippen molar-refractivity contribution in [1.82, 2.24) is 5.32 Å². The molecule has 0 heterocycles. The summed E-state index contributed by atoms with van der Waals surface area (Å²) in [6.07, 6.45) is 6.46. The Labute approximate surface area is 133 Å². The summed E-state index contributed by atoms with van der Waals surface area (Å²) in [6, 6.07) is 0. The van der Waals surface area contributed by atoms with E-state index in [9.17, 15) is 14.4 Å². The summed E-state index contributed by atoms with van der Waals surface area (Å²) in [5.74, 6) is -0.215. The number of nitrogens with one attached hydrogen (secondary N) is 1. The molecule has 2 atom stereocenters. The topological polar surface area (TPSA) is 72.5 Å². The first-order chi connectivity index (χ1) is 10.5. The van der Waals surface area contributed by atoms with Crippen LogP contribution in [0.4, 0.5) is 0 Å². The summed E-state index contributed by atoms with van der Waals surface area (Å²) >= 11 is 0. The van der Waals surface area contributed by atoms with Gasteiger partial charge in [-0.15, -0.1) is 0 Å². The first-order valence-corrected chi connectivity index (χ1v) is 7.95. The minimum Gasteiger partial charge on any atom is -0.461 e. The van der Waals surface area contributed by atoms with E-state index >= 15 is 0 Å². The lowest BCUT2D eigenvalue weighted by molar-refractivity contribution is -0.138. The summed E-state index contributed by atoms with van der Waals surface area (Å²) in [7, 11) is 0. The largest absolute Gasteiger partial charge is 0.461 e. The Balaban J connectivity index is 3.57. The summed E-state index contributed by atoms with van der Waals surface area (Å²) in [5, 5.41) is 3.15. The van der Waals surface area contributed by atoms with E-state index in [0.717, 1.165) is 51.2 Å². The predicted molar refractivity (Wildman–Crippen MR) is 86.5 cm³/mol. The number of rotatable bonds is 14. The van der Waals surface area contributed by atoms with Gasteiger partial charge in [-0.3, -0.25) is 0 Å². The molecule has 5 nitrogen and oxygen atoms in total. The first kappa shape index (κ1) is 20.5. The minimum absolute atomic E-state index is 0.0528. The second-order valence-electron chi connectivity index (χ2n) is 5.75. The van der Waals surface area contributed by atoms with Crippen LogP contribution in [0.2, 0.25) is 0 Å². The van der Waals surface area contributed by atoms with Crippen molar-refractivity contribution in [3.8, 4) is 0 Å². The zero-order valence-electron chi connectivity index (χ0n) is 13.8. The number of unbranched alkanes of at least 4 members (excludes halogenated alkanes) is 1. The van der Waals surface area contributed by atoms with Gasteiger partial charge in [0, 0.05) is 24.0 Å². The summed E-state index contributed by atoms with van der Waals surface area (Å²) in [5.41, 5.74) is 0.393. The Morgan fingerprint density at radius 1 is 1.14 bits per heavy atom. The average Bonchev–Trinajstić information content (AvgIpc) is 2.51. The van der Waals surface area contributed by atoms with Gasteiger partial charge in [-0.05, 0) is 32.7 Å². The van der Waals surface area contributed by atoms with Crippen LogP contribution in [-0.2, 0) is 19.1 Å². The number of carbonyl (C=O) groups excluding carboxylic acids is 3.